The summed E-state index contributed by atoms with van der Waals surface area (Å²) in [6, 6.07) is 0. The van der Waals surface area contributed by atoms with E-state index in [-0.39, 0.29) is 5.92 Å². The number of hydrogen-bond donors (Lipinski definition) is 1. The molecular formula is C31H52O2. The molecule has 0 bridgehead atoms. The summed E-state index contributed by atoms with van der Waals surface area (Å²) in [5, 5.41) is 10.1. The van der Waals surface area contributed by atoms with E-state index in [1.54, 1.807) is 0 Å². The van der Waals surface area contributed by atoms with E-state index in [2.05, 4.69) is 39.8 Å². The van der Waals surface area contributed by atoms with Gasteiger partial charge < -0.3 is 5.11 Å². The van der Waals surface area contributed by atoms with Crippen molar-refractivity contribution in [3.63, 3.8) is 0 Å². The molecule has 2 heteroatoms. The summed E-state index contributed by atoms with van der Waals surface area (Å²) in [4.78, 5) is 12.9. The molecule has 2 nitrogen and oxygen atoms in total. The fourth-order valence-electron chi connectivity index (χ4n) is 9.93. The first-order valence-electron chi connectivity index (χ1n) is 14.4. The lowest BCUT2D eigenvalue weighted by Crippen LogP contribution is -2.56. The zero-order valence-electron chi connectivity index (χ0n) is 22.5. The molecule has 0 heterocycles. The van der Waals surface area contributed by atoms with Gasteiger partial charge in [-0.25, -0.2) is 0 Å². The Labute approximate surface area is 204 Å². The Morgan fingerprint density at radius 3 is 2.42 bits per heavy atom. The van der Waals surface area contributed by atoms with Crippen molar-refractivity contribution in [3.8, 4) is 0 Å². The van der Waals surface area contributed by atoms with Crippen molar-refractivity contribution in [2.45, 2.75) is 124 Å². The minimum Gasteiger partial charge on any atom is -0.390 e. The fourth-order valence-corrected chi connectivity index (χ4v) is 9.93. The van der Waals surface area contributed by atoms with E-state index in [4.69, 9.17) is 0 Å². The van der Waals surface area contributed by atoms with Crippen molar-refractivity contribution in [2.75, 3.05) is 0 Å². The number of ketones is 1. The smallest absolute Gasteiger partial charge is 0.136 e. The fraction of sp³-hybridized carbons (Fsp3) is 0.903. The van der Waals surface area contributed by atoms with Crippen LogP contribution in [0.15, 0.2) is 12.2 Å². The highest BCUT2D eigenvalue weighted by Crippen LogP contribution is 2.68. The van der Waals surface area contributed by atoms with Gasteiger partial charge in [0.15, 0.2) is 0 Å². The van der Waals surface area contributed by atoms with Crippen LogP contribution in [0.4, 0.5) is 0 Å². The Kier molecular flexibility index (Phi) is 7.28. The molecule has 4 aliphatic carbocycles. The lowest BCUT2D eigenvalue weighted by atomic mass is 9.43. The molecule has 4 rings (SSSR count). The van der Waals surface area contributed by atoms with Crippen LogP contribution >= 0.6 is 0 Å². The molecule has 0 unspecified atom stereocenters. The van der Waals surface area contributed by atoms with Crippen molar-refractivity contribution >= 4 is 5.78 Å². The summed E-state index contributed by atoms with van der Waals surface area (Å²) in [6.07, 6.45) is 18.9. The predicted octanol–water partition coefficient (Wildman–Crippen LogP) is 7.98. The highest BCUT2D eigenvalue weighted by atomic mass is 16.3. The van der Waals surface area contributed by atoms with Gasteiger partial charge in [0, 0.05) is 12.3 Å². The molecule has 0 radical (unpaired) electrons. The first-order chi connectivity index (χ1) is 15.5. The van der Waals surface area contributed by atoms with Gasteiger partial charge in [-0.1, -0.05) is 45.8 Å². The predicted molar refractivity (Wildman–Crippen MR) is 138 cm³/mol. The number of aliphatic hydroxyl groups is 1. The van der Waals surface area contributed by atoms with Crippen LogP contribution in [0.2, 0.25) is 0 Å². The van der Waals surface area contributed by atoms with Crippen molar-refractivity contribution in [1.82, 2.24) is 0 Å². The molecule has 0 aromatic rings. The van der Waals surface area contributed by atoms with Crippen molar-refractivity contribution < 1.29 is 9.90 Å². The molecule has 188 valence electrons. The van der Waals surface area contributed by atoms with Gasteiger partial charge in [0.25, 0.3) is 0 Å². The molecule has 0 aliphatic heterocycles. The van der Waals surface area contributed by atoms with Crippen molar-refractivity contribution in [1.29, 1.82) is 0 Å². The van der Waals surface area contributed by atoms with Crippen LogP contribution < -0.4 is 0 Å². The van der Waals surface area contributed by atoms with E-state index >= 15 is 0 Å². The molecule has 4 aliphatic rings. The molecular weight excluding hydrogens is 404 g/mol. The summed E-state index contributed by atoms with van der Waals surface area (Å²) in [5.41, 5.74) is 0.355. The van der Waals surface area contributed by atoms with Gasteiger partial charge in [0.05, 0.1) is 5.60 Å². The third-order valence-corrected chi connectivity index (χ3v) is 11.6. The highest BCUT2D eigenvalue weighted by Gasteiger charge is 2.61. The lowest BCUT2D eigenvalue weighted by molar-refractivity contribution is -0.152. The molecule has 1 N–H and O–H groups in total. The Hall–Kier alpha value is -0.630. The molecule has 33 heavy (non-hydrogen) atoms. The third kappa shape index (κ3) is 4.64. The molecule has 9 atom stereocenters. The number of hydrogen-bond acceptors (Lipinski definition) is 2. The Bertz CT molecular complexity index is 732. The standard InChI is InChI=1S/C31H52O2/c1-7-8-11-23-26-13-12-22-25-15-14-24(21(2)10-9-18-29(3,4)33)30(25,5)19-16-27(22)31(26,6)20-17-28(23)32/h7-8,21-27,33H,9-20H2,1-6H3/t21-,22+,23+,24-,25+,26+,27+,30-,31+/m1/s1. The zero-order valence-corrected chi connectivity index (χ0v) is 22.5. The summed E-state index contributed by atoms with van der Waals surface area (Å²) < 4.78 is 0. The number of carbonyl (C=O) groups is 1. The van der Waals surface area contributed by atoms with E-state index in [9.17, 15) is 9.90 Å². The first kappa shape index (κ1) is 25.5. The van der Waals surface area contributed by atoms with Crippen molar-refractivity contribution in [3.05, 3.63) is 12.2 Å². The first-order valence-corrected chi connectivity index (χ1v) is 14.4. The second-order valence-electron chi connectivity index (χ2n) is 13.9. The third-order valence-electron chi connectivity index (χ3n) is 11.6. The van der Waals surface area contributed by atoms with E-state index in [1.807, 2.05) is 13.8 Å². The van der Waals surface area contributed by atoms with Crippen molar-refractivity contribution in [2.24, 2.45) is 52.3 Å². The van der Waals surface area contributed by atoms with Crippen LogP contribution in [0.5, 0.6) is 0 Å². The summed E-state index contributed by atoms with van der Waals surface area (Å²) in [7, 11) is 0. The Morgan fingerprint density at radius 2 is 1.73 bits per heavy atom. The average molecular weight is 457 g/mol. The van der Waals surface area contributed by atoms with Gasteiger partial charge >= 0.3 is 0 Å². The summed E-state index contributed by atoms with van der Waals surface area (Å²) in [6.45, 7) is 13.7. The molecule has 0 aromatic carbocycles. The van der Waals surface area contributed by atoms with Gasteiger partial charge in [-0.2, -0.15) is 0 Å². The van der Waals surface area contributed by atoms with Gasteiger partial charge in [0.1, 0.15) is 5.78 Å². The van der Waals surface area contributed by atoms with Gasteiger partial charge in [-0.3, -0.25) is 4.79 Å². The largest absolute Gasteiger partial charge is 0.390 e. The minimum atomic E-state index is -0.528. The maximum atomic E-state index is 12.9. The second-order valence-corrected chi connectivity index (χ2v) is 13.9. The Morgan fingerprint density at radius 1 is 1.03 bits per heavy atom. The molecule has 0 saturated heterocycles. The van der Waals surface area contributed by atoms with Crippen LogP contribution in [0, 0.1) is 52.3 Å². The maximum Gasteiger partial charge on any atom is 0.136 e. The summed E-state index contributed by atoms with van der Waals surface area (Å²) >= 11 is 0. The second kappa shape index (κ2) is 9.44. The van der Waals surface area contributed by atoms with E-state index in [0.29, 0.717) is 22.5 Å². The average Bonchev–Trinajstić information content (AvgIpc) is 3.10. The van der Waals surface area contributed by atoms with E-state index in [1.165, 1.54) is 44.9 Å². The van der Waals surface area contributed by atoms with Crippen LogP contribution in [-0.2, 0) is 4.79 Å². The quantitative estimate of drug-likeness (QED) is 0.394. The molecule has 0 amide bonds. The maximum absolute atomic E-state index is 12.9. The van der Waals surface area contributed by atoms with E-state index in [0.717, 1.165) is 61.7 Å². The van der Waals surface area contributed by atoms with Crippen LogP contribution in [0.3, 0.4) is 0 Å². The monoisotopic (exact) mass is 456 g/mol. The molecule has 4 fully saturated rings. The zero-order chi connectivity index (χ0) is 24.0. The summed E-state index contributed by atoms with van der Waals surface area (Å²) in [5.74, 6) is 5.67. The van der Waals surface area contributed by atoms with E-state index < -0.39 is 5.60 Å². The van der Waals surface area contributed by atoms with Crippen LogP contribution in [-0.4, -0.2) is 16.5 Å². The normalized spacial score (nSPS) is 44.4. The lowest BCUT2D eigenvalue weighted by Gasteiger charge is -2.62. The number of carbonyl (C=O) groups excluding carboxylic acids is 1. The minimum absolute atomic E-state index is 0.279. The molecule has 0 spiro atoms. The van der Waals surface area contributed by atoms with Crippen LogP contribution in [0.25, 0.3) is 0 Å². The number of rotatable bonds is 7. The molecule has 4 saturated carbocycles. The topological polar surface area (TPSA) is 37.3 Å². The van der Waals surface area contributed by atoms with Gasteiger partial charge in [-0.15, -0.1) is 0 Å². The van der Waals surface area contributed by atoms with Gasteiger partial charge in [0.2, 0.25) is 0 Å². The highest BCUT2D eigenvalue weighted by molar-refractivity contribution is 5.82. The Balaban J connectivity index is 1.48. The SMILES string of the molecule is CC=CC[C@@H]1C(=O)CC[C@]2(C)[C@H]3CC[C@]4(C)[C@@H]([C@H](C)CCCC(C)(C)O)CC[C@H]4[C@@H]3CC[C@@H]12. The number of allylic oxidation sites excluding steroid dienone is 2. The van der Waals surface area contributed by atoms with Crippen LogP contribution in [0.1, 0.15) is 119 Å². The molecule has 0 aromatic heterocycles. The van der Waals surface area contributed by atoms with Gasteiger partial charge in [-0.05, 0) is 125 Å². The number of fused-ring (bicyclic) bond motifs is 5. The number of Topliss-reactive ketones (excluding diaryl/α,β-unsaturated/α-hetero) is 1.